The maximum Gasteiger partial charge on any atom is 0.416 e. The molecule has 0 radical (unpaired) electrons. The molecular formula is C27H27F3N4O3S. The van der Waals surface area contributed by atoms with Crippen LogP contribution in [0.3, 0.4) is 0 Å². The number of amides is 1. The molecule has 0 aliphatic rings. The number of rotatable bonds is 8. The Morgan fingerprint density at radius 1 is 0.947 bits per heavy atom. The van der Waals surface area contributed by atoms with Crippen LogP contribution in [0.4, 0.5) is 19.0 Å². The Balaban J connectivity index is 1.53. The predicted octanol–water partition coefficient (Wildman–Crippen LogP) is 5.60. The lowest BCUT2D eigenvalue weighted by atomic mass is 10.1. The minimum atomic E-state index is -4.40. The Hall–Kier alpha value is -3.73. The highest BCUT2D eigenvalue weighted by Gasteiger charge is 2.30. The largest absolute Gasteiger partial charge is 0.416 e. The van der Waals surface area contributed by atoms with Gasteiger partial charge in [0.1, 0.15) is 17.2 Å². The van der Waals surface area contributed by atoms with Gasteiger partial charge in [0.25, 0.3) is 0 Å². The molecule has 7 nitrogen and oxygen atoms in total. The molecule has 1 N–H and O–H groups in total. The van der Waals surface area contributed by atoms with Crippen LogP contribution in [0, 0.1) is 0 Å². The van der Waals surface area contributed by atoms with E-state index in [0.29, 0.717) is 40.4 Å². The minimum absolute atomic E-state index is 0.00000765. The van der Waals surface area contributed by atoms with Gasteiger partial charge in [0, 0.05) is 12.5 Å². The van der Waals surface area contributed by atoms with Gasteiger partial charge in [0.05, 0.1) is 22.6 Å². The minimum Gasteiger partial charge on any atom is -0.310 e. The predicted molar refractivity (Wildman–Crippen MR) is 139 cm³/mol. The fourth-order valence-electron chi connectivity index (χ4n) is 4.11. The van der Waals surface area contributed by atoms with Crippen LogP contribution < -0.4 is 5.32 Å². The summed E-state index contributed by atoms with van der Waals surface area (Å²) in [5.74, 6) is 0.659. The molecule has 0 atom stereocenters. The van der Waals surface area contributed by atoms with Gasteiger partial charge in [0.2, 0.25) is 5.91 Å². The molecule has 2 aromatic heterocycles. The van der Waals surface area contributed by atoms with Crippen molar-refractivity contribution in [2.75, 3.05) is 11.1 Å². The summed E-state index contributed by atoms with van der Waals surface area (Å²) in [6.45, 7) is 5.48. The number of aromatic nitrogens is 3. The molecule has 0 saturated carbocycles. The van der Waals surface area contributed by atoms with Crippen LogP contribution in [-0.4, -0.2) is 34.6 Å². The molecule has 11 heteroatoms. The average Bonchev–Trinajstić information content (AvgIpc) is 3.21. The fraction of sp³-hybridized carbons (Fsp3) is 0.296. The number of pyridine rings is 1. The number of hydrogen-bond acceptors (Lipinski definition) is 5. The Labute approximate surface area is 218 Å². The summed E-state index contributed by atoms with van der Waals surface area (Å²) in [5.41, 5.74) is 1.79. The van der Waals surface area contributed by atoms with Crippen LogP contribution in [0.15, 0.2) is 65.6 Å². The monoisotopic (exact) mass is 544 g/mol. The molecule has 0 unspecified atom stereocenters. The van der Waals surface area contributed by atoms with Crippen molar-refractivity contribution in [3.8, 4) is 0 Å². The number of nitrogens with zero attached hydrogens (tertiary/aromatic N) is 3. The van der Waals surface area contributed by atoms with Crippen LogP contribution in [0.5, 0.6) is 0 Å². The molecule has 0 fully saturated rings. The van der Waals surface area contributed by atoms with Gasteiger partial charge in [-0.25, -0.2) is 18.4 Å². The lowest BCUT2D eigenvalue weighted by molar-refractivity contribution is -0.137. The first-order valence-corrected chi connectivity index (χ1v) is 13.7. The third-order valence-electron chi connectivity index (χ3n) is 6.06. The van der Waals surface area contributed by atoms with Crippen LogP contribution in [-0.2, 0) is 33.6 Å². The number of anilines is 1. The van der Waals surface area contributed by atoms with Gasteiger partial charge in [-0.05, 0) is 61.4 Å². The van der Waals surface area contributed by atoms with E-state index in [2.05, 4.69) is 15.3 Å². The smallest absolute Gasteiger partial charge is 0.310 e. The zero-order chi connectivity index (χ0) is 27.7. The van der Waals surface area contributed by atoms with Gasteiger partial charge in [0.15, 0.2) is 15.5 Å². The molecule has 4 rings (SSSR count). The van der Waals surface area contributed by atoms with Crippen LogP contribution >= 0.6 is 0 Å². The number of carbonyl (C=O) groups excluding carboxylic acids is 1. The highest BCUT2D eigenvalue weighted by atomic mass is 32.2. The zero-order valence-corrected chi connectivity index (χ0v) is 21.9. The Bertz CT molecular complexity index is 1560. The van der Waals surface area contributed by atoms with Gasteiger partial charge in [-0.3, -0.25) is 4.79 Å². The number of alkyl halides is 3. The van der Waals surface area contributed by atoms with E-state index in [1.165, 1.54) is 24.3 Å². The topological polar surface area (TPSA) is 94.0 Å². The van der Waals surface area contributed by atoms with E-state index in [1.807, 2.05) is 18.4 Å². The highest BCUT2D eigenvalue weighted by Crippen LogP contribution is 2.30. The third kappa shape index (κ3) is 6.04. The van der Waals surface area contributed by atoms with E-state index >= 15 is 0 Å². The Morgan fingerprint density at radius 2 is 1.58 bits per heavy atom. The standard InChI is InChI=1S/C27H27F3N4O3S/c1-4-38(36,37)21-11-7-19(8-12-21)16-25(35)32-23-14-13-22-26(33-23)34(17(2)3)24(31-22)15-18-5-9-20(10-6-18)27(28,29)30/h5-14,17H,4,15-16H2,1-3H3,(H,32,33,35). The summed E-state index contributed by atoms with van der Waals surface area (Å²) in [6.07, 6.45) is -4.04. The van der Waals surface area contributed by atoms with Crippen molar-refractivity contribution < 1.29 is 26.4 Å². The Morgan fingerprint density at radius 3 is 2.16 bits per heavy atom. The quantitative estimate of drug-likeness (QED) is 0.312. The molecule has 0 bridgehead atoms. The SMILES string of the molecule is CCS(=O)(=O)c1ccc(CC(=O)Nc2ccc3nc(Cc4ccc(C(F)(F)F)cc4)n(C(C)C)c3n2)cc1. The van der Waals surface area contributed by atoms with Gasteiger partial charge < -0.3 is 9.88 Å². The fourth-order valence-corrected chi connectivity index (χ4v) is 4.99. The molecule has 0 saturated heterocycles. The normalized spacial score (nSPS) is 12.3. The maximum atomic E-state index is 12.9. The van der Waals surface area contributed by atoms with E-state index < -0.39 is 21.6 Å². The van der Waals surface area contributed by atoms with E-state index in [1.54, 1.807) is 31.2 Å². The van der Waals surface area contributed by atoms with Crippen LogP contribution in [0.25, 0.3) is 11.2 Å². The summed E-state index contributed by atoms with van der Waals surface area (Å²) in [5, 5.41) is 2.77. The van der Waals surface area contributed by atoms with Crippen LogP contribution in [0.2, 0.25) is 0 Å². The van der Waals surface area contributed by atoms with Gasteiger partial charge >= 0.3 is 6.18 Å². The zero-order valence-electron chi connectivity index (χ0n) is 21.1. The third-order valence-corrected chi connectivity index (χ3v) is 7.82. The van der Waals surface area contributed by atoms with Crippen molar-refractivity contribution in [1.29, 1.82) is 0 Å². The molecule has 4 aromatic rings. The van der Waals surface area contributed by atoms with Gasteiger partial charge in [-0.1, -0.05) is 31.2 Å². The van der Waals surface area contributed by atoms with E-state index in [-0.39, 0.29) is 29.0 Å². The van der Waals surface area contributed by atoms with Gasteiger partial charge in [-0.15, -0.1) is 0 Å². The first-order chi connectivity index (χ1) is 17.9. The summed E-state index contributed by atoms with van der Waals surface area (Å²) in [7, 11) is -3.31. The van der Waals surface area contributed by atoms with Gasteiger partial charge in [-0.2, -0.15) is 13.2 Å². The number of fused-ring (bicyclic) bond motifs is 1. The molecule has 200 valence electrons. The number of nitrogens with one attached hydrogen (secondary N) is 1. The highest BCUT2D eigenvalue weighted by molar-refractivity contribution is 7.91. The Kier molecular flexibility index (Phi) is 7.59. The lowest BCUT2D eigenvalue weighted by Crippen LogP contribution is -2.16. The number of hydrogen-bond donors (Lipinski definition) is 1. The van der Waals surface area contributed by atoms with Crippen molar-refractivity contribution in [3.05, 3.63) is 83.2 Å². The van der Waals surface area contributed by atoms with Crippen molar-refractivity contribution in [2.45, 2.75) is 50.7 Å². The molecular weight excluding hydrogens is 517 g/mol. The average molecular weight is 545 g/mol. The van der Waals surface area contributed by atoms with Crippen molar-refractivity contribution >= 4 is 32.7 Å². The molecule has 0 aliphatic heterocycles. The van der Waals surface area contributed by atoms with Crippen molar-refractivity contribution in [3.63, 3.8) is 0 Å². The summed E-state index contributed by atoms with van der Waals surface area (Å²) < 4.78 is 64.6. The second-order valence-corrected chi connectivity index (χ2v) is 11.5. The molecule has 0 spiro atoms. The van der Waals surface area contributed by atoms with Crippen LogP contribution in [0.1, 0.15) is 49.3 Å². The number of carbonyl (C=O) groups is 1. The van der Waals surface area contributed by atoms with Crippen molar-refractivity contribution in [1.82, 2.24) is 14.5 Å². The number of benzene rings is 2. The summed E-state index contributed by atoms with van der Waals surface area (Å²) >= 11 is 0. The summed E-state index contributed by atoms with van der Waals surface area (Å²) in [4.78, 5) is 22.1. The van der Waals surface area contributed by atoms with E-state index in [4.69, 9.17) is 0 Å². The lowest BCUT2D eigenvalue weighted by Gasteiger charge is -2.13. The number of halogens is 3. The molecule has 38 heavy (non-hydrogen) atoms. The first kappa shape index (κ1) is 27.3. The first-order valence-electron chi connectivity index (χ1n) is 12.0. The van der Waals surface area contributed by atoms with E-state index in [9.17, 15) is 26.4 Å². The molecule has 2 heterocycles. The molecule has 0 aliphatic carbocycles. The maximum absolute atomic E-state index is 12.9. The van der Waals surface area contributed by atoms with Crippen molar-refractivity contribution in [2.24, 2.45) is 0 Å². The molecule has 2 aromatic carbocycles. The second-order valence-electron chi connectivity index (χ2n) is 9.17. The van der Waals surface area contributed by atoms with E-state index in [0.717, 1.165) is 12.1 Å². The second kappa shape index (κ2) is 10.6. The number of sulfone groups is 1. The summed E-state index contributed by atoms with van der Waals surface area (Å²) in [6, 6.07) is 14.5. The number of imidazole rings is 1. The molecule has 1 amide bonds.